The number of amides is 1. The summed E-state index contributed by atoms with van der Waals surface area (Å²) in [6.45, 7) is 3.57. The highest BCUT2D eigenvalue weighted by atomic mass is 32.1. The summed E-state index contributed by atoms with van der Waals surface area (Å²) in [5.74, 6) is -0.911. The van der Waals surface area contributed by atoms with Gasteiger partial charge in [-0.25, -0.2) is 0 Å². The number of rotatable bonds is 6. The van der Waals surface area contributed by atoms with Gasteiger partial charge in [0.1, 0.15) is 0 Å². The highest BCUT2D eigenvalue weighted by Gasteiger charge is 2.18. The van der Waals surface area contributed by atoms with Gasteiger partial charge < -0.3 is 14.6 Å². The highest BCUT2D eigenvalue weighted by molar-refractivity contribution is 7.07. The lowest BCUT2D eigenvalue weighted by Gasteiger charge is -2.13. The van der Waals surface area contributed by atoms with Crippen LogP contribution >= 0.6 is 11.3 Å². The van der Waals surface area contributed by atoms with E-state index in [-0.39, 0.29) is 17.8 Å². The minimum absolute atomic E-state index is 0.0421. The van der Waals surface area contributed by atoms with Crippen molar-refractivity contribution in [2.75, 3.05) is 5.32 Å². The average molecular weight is 334 g/mol. The van der Waals surface area contributed by atoms with Crippen molar-refractivity contribution >= 4 is 28.9 Å². The normalized spacial score (nSPS) is 11.7. The molecule has 0 aliphatic rings. The maximum atomic E-state index is 11.9. The number of aromatic nitrogens is 1. The van der Waals surface area contributed by atoms with E-state index in [9.17, 15) is 14.4 Å². The zero-order valence-corrected chi connectivity index (χ0v) is 13.8. The first-order chi connectivity index (χ1) is 11.0. The molecule has 1 atom stereocenters. The van der Waals surface area contributed by atoms with Gasteiger partial charge in [-0.05, 0) is 26.0 Å². The molecule has 0 spiro atoms. The van der Waals surface area contributed by atoms with E-state index < -0.39 is 18.0 Å². The number of nitrogens with zero attached hydrogens (tertiary/aromatic N) is 1. The van der Waals surface area contributed by atoms with Crippen LogP contribution in [0.1, 0.15) is 19.0 Å². The zero-order valence-electron chi connectivity index (χ0n) is 12.9. The van der Waals surface area contributed by atoms with E-state index >= 15 is 0 Å². The molecule has 1 aromatic heterocycles. The van der Waals surface area contributed by atoms with Crippen LogP contribution in [0.2, 0.25) is 0 Å². The number of benzene rings is 1. The number of para-hydroxylation sites is 1. The van der Waals surface area contributed by atoms with Crippen LogP contribution in [-0.4, -0.2) is 22.5 Å². The predicted octanol–water partition coefficient (Wildman–Crippen LogP) is 2.18. The van der Waals surface area contributed by atoms with Gasteiger partial charge in [-0.2, -0.15) is 0 Å². The Hall–Kier alpha value is -2.41. The van der Waals surface area contributed by atoms with Crippen LogP contribution in [0.15, 0.2) is 40.5 Å². The topological polar surface area (TPSA) is 77.4 Å². The number of hydrogen-bond donors (Lipinski definition) is 1. The van der Waals surface area contributed by atoms with Crippen molar-refractivity contribution in [3.05, 3.63) is 51.1 Å². The number of aryl methyl sites for hydroxylation is 1. The first-order valence-corrected chi connectivity index (χ1v) is 8.05. The van der Waals surface area contributed by atoms with Gasteiger partial charge in [0.15, 0.2) is 6.10 Å². The summed E-state index contributed by atoms with van der Waals surface area (Å²) in [5.41, 5.74) is 1.45. The van der Waals surface area contributed by atoms with Crippen LogP contribution in [0, 0.1) is 6.92 Å². The second kappa shape index (κ2) is 7.73. The lowest BCUT2D eigenvalue weighted by Crippen LogP contribution is -2.30. The maximum absolute atomic E-state index is 11.9. The Morgan fingerprint density at radius 1 is 1.30 bits per heavy atom. The number of thiazole rings is 1. The second-order valence-electron chi connectivity index (χ2n) is 5.03. The minimum atomic E-state index is -0.900. The van der Waals surface area contributed by atoms with E-state index in [2.05, 4.69) is 5.32 Å². The number of carbonyl (C=O) groups excluding carboxylic acids is 2. The Balaban J connectivity index is 1.82. The first-order valence-electron chi connectivity index (χ1n) is 7.17. The van der Waals surface area contributed by atoms with Crippen LogP contribution in [0.3, 0.4) is 0 Å². The predicted molar refractivity (Wildman–Crippen MR) is 88.6 cm³/mol. The summed E-state index contributed by atoms with van der Waals surface area (Å²) in [7, 11) is 0. The smallest absolute Gasteiger partial charge is 0.308 e. The molecule has 23 heavy (non-hydrogen) atoms. The fourth-order valence-electron chi connectivity index (χ4n) is 1.95. The number of carbonyl (C=O) groups is 2. The van der Waals surface area contributed by atoms with Gasteiger partial charge in [-0.15, -0.1) is 0 Å². The Bertz CT molecular complexity index is 736. The van der Waals surface area contributed by atoms with Crippen LogP contribution in [0.4, 0.5) is 5.69 Å². The summed E-state index contributed by atoms with van der Waals surface area (Å²) >= 11 is 1.09. The lowest BCUT2D eigenvalue weighted by molar-refractivity contribution is -0.153. The molecule has 0 bridgehead atoms. The van der Waals surface area contributed by atoms with E-state index in [1.165, 1.54) is 11.5 Å². The molecule has 0 saturated carbocycles. The standard InChI is InChI=1S/C16H18N2O4S/c1-11-10-23-16(21)18(11)9-8-14(19)22-12(2)15(20)17-13-6-4-3-5-7-13/h3-7,10,12H,8-9H2,1-2H3,(H,17,20)/t12-/m1/s1. The van der Waals surface area contributed by atoms with Crippen molar-refractivity contribution in [1.82, 2.24) is 4.57 Å². The van der Waals surface area contributed by atoms with E-state index in [0.717, 1.165) is 17.0 Å². The molecule has 0 aliphatic heterocycles. The molecule has 0 unspecified atom stereocenters. The molecular formula is C16H18N2O4S. The Kier molecular flexibility index (Phi) is 5.70. The summed E-state index contributed by atoms with van der Waals surface area (Å²) < 4.78 is 6.61. The molecule has 0 radical (unpaired) electrons. The van der Waals surface area contributed by atoms with Crippen LogP contribution in [-0.2, 0) is 20.9 Å². The number of anilines is 1. The third-order valence-electron chi connectivity index (χ3n) is 3.23. The van der Waals surface area contributed by atoms with Gasteiger partial charge in [0.05, 0.1) is 6.42 Å². The van der Waals surface area contributed by atoms with Crippen molar-refractivity contribution in [3.63, 3.8) is 0 Å². The van der Waals surface area contributed by atoms with Crippen molar-refractivity contribution in [2.24, 2.45) is 0 Å². The molecule has 0 saturated heterocycles. The average Bonchev–Trinajstić information content (AvgIpc) is 2.85. The number of ether oxygens (including phenoxy) is 1. The lowest BCUT2D eigenvalue weighted by atomic mass is 10.3. The molecule has 1 amide bonds. The molecule has 6 nitrogen and oxygen atoms in total. The summed E-state index contributed by atoms with van der Waals surface area (Å²) in [6.07, 6.45) is -0.858. The molecule has 1 heterocycles. The Labute approximate surface area is 137 Å². The van der Waals surface area contributed by atoms with Crippen molar-refractivity contribution in [2.45, 2.75) is 32.9 Å². The van der Waals surface area contributed by atoms with Crippen molar-refractivity contribution < 1.29 is 14.3 Å². The van der Waals surface area contributed by atoms with Crippen LogP contribution < -0.4 is 10.2 Å². The van der Waals surface area contributed by atoms with Crippen LogP contribution in [0.25, 0.3) is 0 Å². The van der Waals surface area contributed by atoms with Gasteiger partial charge in [0.25, 0.3) is 5.91 Å². The monoisotopic (exact) mass is 334 g/mol. The fourth-order valence-corrected chi connectivity index (χ4v) is 2.71. The largest absolute Gasteiger partial charge is 0.452 e. The quantitative estimate of drug-likeness (QED) is 0.822. The van der Waals surface area contributed by atoms with Crippen molar-refractivity contribution in [3.8, 4) is 0 Å². The van der Waals surface area contributed by atoms with Crippen LogP contribution in [0.5, 0.6) is 0 Å². The highest BCUT2D eigenvalue weighted by Crippen LogP contribution is 2.07. The number of esters is 1. The number of hydrogen-bond acceptors (Lipinski definition) is 5. The number of nitrogens with one attached hydrogen (secondary N) is 1. The van der Waals surface area contributed by atoms with Gasteiger partial charge >= 0.3 is 10.8 Å². The van der Waals surface area contributed by atoms with Gasteiger partial charge in [-0.1, -0.05) is 29.5 Å². The second-order valence-corrected chi connectivity index (χ2v) is 5.85. The molecule has 1 aromatic carbocycles. The third-order valence-corrected chi connectivity index (χ3v) is 4.12. The zero-order chi connectivity index (χ0) is 16.8. The van der Waals surface area contributed by atoms with Gasteiger partial charge in [0.2, 0.25) is 0 Å². The van der Waals surface area contributed by atoms with E-state index in [1.54, 1.807) is 36.6 Å². The molecule has 0 fully saturated rings. The summed E-state index contributed by atoms with van der Waals surface area (Å²) in [4.78, 5) is 35.2. The third kappa shape index (κ3) is 4.79. The fraction of sp³-hybridized carbons (Fsp3) is 0.312. The Morgan fingerprint density at radius 3 is 2.61 bits per heavy atom. The molecule has 7 heteroatoms. The molecule has 0 aliphatic carbocycles. The SMILES string of the molecule is Cc1csc(=O)n1CCC(=O)O[C@H](C)C(=O)Nc1ccccc1. The molecule has 1 N–H and O–H groups in total. The first kappa shape index (κ1) is 17.0. The van der Waals surface area contributed by atoms with E-state index in [0.29, 0.717) is 5.69 Å². The van der Waals surface area contributed by atoms with E-state index in [4.69, 9.17) is 4.74 Å². The molecule has 2 rings (SSSR count). The Morgan fingerprint density at radius 2 is 2.00 bits per heavy atom. The maximum Gasteiger partial charge on any atom is 0.308 e. The van der Waals surface area contributed by atoms with E-state index in [1.807, 2.05) is 6.07 Å². The van der Waals surface area contributed by atoms with Crippen molar-refractivity contribution in [1.29, 1.82) is 0 Å². The summed E-state index contributed by atoms with van der Waals surface area (Å²) in [6, 6.07) is 8.93. The van der Waals surface area contributed by atoms with Gasteiger partial charge in [-0.3, -0.25) is 14.4 Å². The molecular weight excluding hydrogens is 316 g/mol. The van der Waals surface area contributed by atoms with Gasteiger partial charge in [0, 0.05) is 23.3 Å². The molecule has 122 valence electrons. The minimum Gasteiger partial charge on any atom is -0.452 e. The molecule has 2 aromatic rings. The summed E-state index contributed by atoms with van der Waals surface area (Å²) in [5, 5.41) is 4.40.